The first-order valence-corrected chi connectivity index (χ1v) is 6.92. The molecule has 1 atom stereocenters. The second kappa shape index (κ2) is 5.54. The van der Waals surface area contributed by atoms with E-state index in [0.717, 1.165) is 18.8 Å². The first-order chi connectivity index (χ1) is 9.74. The van der Waals surface area contributed by atoms with Crippen molar-refractivity contribution in [2.75, 3.05) is 13.1 Å². The number of hydrogen-bond acceptors (Lipinski definition) is 3. The molecule has 1 unspecified atom stereocenters. The third-order valence-electron chi connectivity index (χ3n) is 3.86. The smallest absolute Gasteiger partial charge is 0.234 e. The molecule has 0 bridgehead atoms. The van der Waals surface area contributed by atoms with E-state index in [2.05, 4.69) is 40.0 Å². The predicted octanol–water partition coefficient (Wildman–Crippen LogP) is 1.77. The highest BCUT2D eigenvalue weighted by Crippen LogP contribution is 2.24. The van der Waals surface area contributed by atoms with E-state index in [1.54, 1.807) is 6.26 Å². The van der Waals surface area contributed by atoms with Crippen LogP contribution >= 0.6 is 0 Å². The van der Waals surface area contributed by atoms with Gasteiger partial charge < -0.3 is 14.3 Å². The molecule has 5 heteroatoms. The molecule has 0 saturated heterocycles. The molecule has 2 aromatic heterocycles. The maximum absolute atomic E-state index is 12.0. The fourth-order valence-electron chi connectivity index (χ4n) is 2.68. The zero-order valence-electron chi connectivity index (χ0n) is 11.6. The van der Waals surface area contributed by atoms with Crippen LogP contribution in [0, 0.1) is 0 Å². The third-order valence-corrected chi connectivity index (χ3v) is 3.86. The Morgan fingerprint density at radius 2 is 2.30 bits per heavy atom. The van der Waals surface area contributed by atoms with Gasteiger partial charge in [-0.25, -0.2) is 0 Å². The predicted molar refractivity (Wildman–Crippen MR) is 75.0 cm³/mol. The molecule has 1 N–H and O–H groups in total. The van der Waals surface area contributed by atoms with Crippen molar-refractivity contribution in [3.05, 3.63) is 48.2 Å². The molecule has 0 fully saturated rings. The van der Waals surface area contributed by atoms with Crippen LogP contribution in [0.2, 0.25) is 0 Å². The number of carbonyl (C=O) groups excluding carboxylic acids is 1. The van der Waals surface area contributed by atoms with Gasteiger partial charge in [-0.15, -0.1) is 0 Å². The monoisotopic (exact) mass is 273 g/mol. The molecule has 0 radical (unpaired) electrons. The molecule has 0 spiro atoms. The maximum Gasteiger partial charge on any atom is 0.234 e. The van der Waals surface area contributed by atoms with Crippen molar-refractivity contribution < 1.29 is 9.21 Å². The van der Waals surface area contributed by atoms with Crippen molar-refractivity contribution in [2.45, 2.75) is 26.1 Å². The summed E-state index contributed by atoms with van der Waals surface area (Å²) in [6.45, 7) is 4.86. The largest absolute Gasteiger partial charge is 0.467 e. The van der Waals surface area contributed by atoms with Crippen molar-refractivity contribution in [1.29, 1.82) is 0 Å². The minimum Gasteiger partial charge on any atom is -0.467 e. The first-order valence-electron chi connectivity index (χ1n) is 6.92. The van der Waals surface area contributed by atoms with Gasteiger partial charge in [-0.05, 0) is 31.2 Å². The second-order valence-corrected chi connectivity index (χ2v) is 5.13. The van der Waals surface area contributed by atoms with Gasteiger partial charge in [0.05, 0.1) is 19.4 Å². The van der Waals surface area contributed by atoms with Crippen LogP contribution < -0.4 is 5.32 Å². The summed E-state index contributed by atoms with van der Waals surface area (Å²) in [5, 5.41) is 2.89. The Morgan fingerprint density at radius 1 is 1.40 bits per heavy atom. The Kier molecular flexibility index (Phi) is 3.60. The van der Waals surface area contributed by atoms with E-state index in [1.165, 1.54) is 5.69 Å². The van der Waals surface area contributed by atoms with Crippen molar-refractivity contribution >= 4 is 5.91 Å². The number of nitrogens with one attached hydrogen (secondary N) is 1. The van der Waals surface area contributed by atoms with E-state index < -0.39 is 0 Å². The number of aromatic nitrogens is 1. The van der Waals surface area contributed by atoms with Gasteiger partial charge in [-0.2, -0.15) is 0 Å². The third kappa shape index (κ3) is 2.63. The molecule has 1 amide bonds. The van der Waals surface area contributed by atoms with Gasteiger partial charge in [-0.3, -0.25) is 9.69 Å². The highest BCUT2D eigenvalue weighted by atomic mass is 16.3. The summed E-state index contributed by atoms with van der Waals surface area (Å²) in [6, 6.07) is 8.14. The van der Waals surface area contributed by atoms with Crippen molar-refractivity contribution in [2.24, 2.45) is 0 Å². The second-order valence-electron chi connectivity index (χ2n) is 5.13. The van der Waals surface area contributed by atoms with E-state index in [1.807, 2.05) is 12.1 Å². The molecular formula is C15H19N3O2. The number of carbonyl (C=O) groups is 1. The van der Waals surface area contributed by atoms with Gasteiger partial charge in [0.15, 0.2) is 0 Å². The molecule has 0 aromatic carbocycles. The molecule has 3 heterocycles. The number of hydrogen-bond donors (Lipinski definition) is 1. The molecule has 1 aliphatic rings. The highest BCUT2D eigenvalue weighted by molar-refractivity contribution is 5.78. The minimum atomic E-state index is 0.0354. The van der Waals surface area contributed by atoms with Crippen LogP contribution in [0.4, 0.5) is 0 Å². The zero-order chi connectivity index (χ0) is 13.9. The Labute approximate surface area is 118 Å². The Hall–Kier alpha value is -2.01. The molecule has 106 valence electrons. The van der Waals surface area contributed by atoms with Crippen molar-refractivity contribution in [3.8, 4) is 0 Å². The molecule has 1 aliphatic heterocycles. The summed E-state index contributed by atoms with van der Waals surface area (Å²) >= 11 is 0. The lowest BCUT2D eigenvalue weighted by Gasteiger charge is -2.34. The summed E-state index contributed by atoms with van der Waals surface area (Å²) in [7, 11) is 0. The zero-order valence-corrected chi connectivity index (χ0v) is 11.6. The van der Waals surface area contributed by atoms with Crippen LogP contribution in [0.25, 0.3) is 0 Å². The van der Waals surface area contributed by atoms with E-state index in [-0.39, 0.29) is 11.9 Å². The van der Waals surface area contributed by atoms with E-state index in [4.69, 9.17) is 4.42 Å². The van der Waals surface area contributed by atoms with E-state index in [9.17, 15) is 4.79 Å². The van der Waals surface area contributed by atoms with Crippen LogP contribution in [-0.4, -0.2) is 28.5 Å². The molecular weight excluding hydrogens is 254 g/mol. The van der Waals surface area contributed by atoms with Crippen LogP contribution in [0.1, 0.15) is 24.4 Å². The van der Waals surface area contributed by atoms with Crippen molar-refractivity contribution in [1.82, 2.24) is 14.8 Å². The Morgan fingerprint density at radius 3 is 3.10 bits per heavy atom. The Balaban J connectivity index is 1.54. The van der Waals surface area contributed by atoms with Crippen LogP contribution in [-0.2, 0) is 17.9 Å². The summed E-state index contributed by atoms with van der Waals surface area (Å²) < 4.78 is 7.45. The van der Waals surface area contributed by atoms with E-state index in [0.29, 0.717) is 13.1 Å². The fraction of sp³-hybridized carbons (Fsp3) is 0.400. The van der Waals surface area contributed by atoms with Gasteiger partial charge in [0.25, 0.3) is 0 Å². The van der Waals surface area contributed by atoms with Gasteiger partial charge in [0.2, 0.25) is 5.91 Å². The first kappa shape index (κ1) is 13.0. The highest BCUT2D eigenvalue weighted by Gasteiger charge is 2.24. The SMILES string of the molecule is CC1c2cccn2CCN1CC(=O)NCc1ccco1. The molecule has 5 nitrogen and oxygen atoms in total. The van der Waals surface area contributed by atoms with Gasteiger partial charge in [0, 0.05) is 31.0 Å². The minimum absolute atomic E-state index is 0.0354. The average Bonchev–Trinajstić information content (AvgIpc) is 3.10. The molecule has 0 saturated carbocycles. The van der Waals surface area contributed by atoms with Gasteiger partial charge in [0.1, 0.15) is 5.76 Å². The van der Waals surface area contributed by atoms with E-state index >= 15 is 0 Å². The number of rotatable bonds is 4. The van der Waals surface area contributed by atoms with Gasteiger partial charge in [-0.1, -0.05) is 0 Å². The van der Waals surface area contributed by atoms with Crippen LogP contribution in [0.5, 0.6) is 0 Å². The molecule has 2 aromatic rings. The topological polar surface area (TPSA) is 50.4 Å². The number of fused-ring (bicyclic) bond motifs is 1. The van der Waals surface area contributed by atoms with Crippen molar-refractivity contribution in [3.63, 3.8) is 0 Å². The summed E-state index contributed by atoms with van der Waals surface area (Å²) in [6.07, 6.45) is 3.71. The summed E-state index contributed by atoms with van der Waals surface area (Å²) in [5.74, 6) is 0.812. The summed E-state index contributed by atoms with van der Waals surface area (Å²) in [4.78, 5) is 14.2. The van der Waals surface area contributed by atoms with Gasteiger partial charge >= 0.3 is 0 Å². The standard InChI is InChI=1S/C15H19N3O2/c1-12-14-5-2-6-17(14)7-8-18(12)11-15(19)16-10-13-4-3-9-20-13/h2-6,9,12H,7-8,10-11H2,1H3,(H,16,19). The molecule has 0 aliphatic carbocycles. The number of amides is 1. The lowest BCUT2D eigenvalue weighted by Crippen LogP contribution is -2.42. The maximum atomic E-state index is 12.0. The summed E-state index contributed by atoms with van der Waals surface area (Å²) in [5.41, 5.74) is 1.27. The normalized spacial score (nSPS) is 18.8. The Bertz CT molecular complexity index is 574. The lowest BCUT2D eigenvalue weighted by molar-refractivity contribution is -0.123. The fourth-order valence-corrected chi connectivity index (χ4v) is 2.68. The lowest BCUT2D eigenvalue weighted by atomic mass is 10.1. The average molecular weight is 273 g/mol. The van der Waals surface area contributed by atoms with Crippen LogP contribution in [0.15, 0.2) is 41.1 Å². The number of furan rings is 1. The quantitative estimate of drug-likeness (QED) is 0.923. The van der Waals surface area contributed by atoms with Crippen LogP contribution in [0.3, 0.4) is 0 Å². The molecule has 3 rings (SSSR count). The number of nitrogens with zero attached hydrogens (tertiary/aromatic N) is 2. The molecule has 20 heavy (non-hydrogen) atoms.